The molecular weight excluding hydrogens is 614 g/mol. The van der Waals surface area contributed by atoms with Crippen molar-refractivity contribution in [1.82, 2.24) is 5.32 Å². The van der Waals surface area contributed by atoms with Crippen molar-refractivity contribution < 1.29 is 59.6 Å². The lowest BCUT2D eigenvalue weighted by Crippen LogP contribution is -2.73. The van der Waals surface area contributed by atoms with Crippen molar-refractivity contribution in [3.8, 4) is 23.0 Å². The van der Waals surface area contributed by atoms with Crippen LogP contribution < -0.4 is 5.32 Å². The first-order valence-corrected chi connectivity index (χ1v) is 14.4. The molecule has 13 heteroatoms. The Kier molecular flexibility index (Phi) is 10.6. The molecule has 0 unspecified atom stereocenters. The number of aromatic hydroxyl groups is 4. The Hall–Kier alpha value is -5.37. The number of carbonyl (C=O) groups is 3. The fraction of sp³-hybridized carbons (Fsp3) is 0.265. The zero-order valence-corrected chi connectivity index (χ0v) is 25.2. The van der Waals surface area contributed by atoms with Crippen molar-refractivity contribution in [2.45, 2.75) is 36.3 Å². The molecule has 3 aromatic carbocycles. The maximum Gasteiger partial charge on any atom is 0.336 e. The minimum Gasteiger partial charge on any atom is -0.504 e. The van der Waals surface area contributed by atoms with E-state index in [9.17, 15) is 50.1 Å². The second-order valence-electron chi connectivity index (χ2n) is 11.2. The average molecular weight is 650 g/mol. The van der Waals surface area contributed by atoms with Gasteiger partial charge in [-0.2, -0.15) is 0 Å². The molecular formula is C34H35NO12. The Labute approximate surface area is 269 Å². The van der Waals surface area contributed by atoms with Crippen molar-refractivity contribution in [2.24, 2.45) is 5.92 Å². The van der Waals surface area contributed by atoms with Crippen LogP contribution in [0.1, 0.15) is 23.1 Å². The number of nitrogens with one attached hydrogen (secondary N) is 1. The minimum atomic E-state index is -2.64. The lowest BCUT2D eigenvalue weighted by molar-refractivity contribution is -0.256. The third kappa shape index (κ3) is 7.72. The van der Waals surface area contributed by atoms with Crippen LogP contribution in [0.4, 0.5) is 0 Å². The van der Waals surface area contributed by atoms with E-state index in [4.69, 9.17) is 9.47 Å². The summed E-state index contributed by atoms with van der Waals surface area (Å²) >= 11 is 0. The molecule has 248 valence electrons. The van der Waals surface area contributed by atoms with Gasteiger partial charge in [-0.05, 0) is 66.6 Å². The highest BCUT2D eigenvalue weighted by Gasteiger charge is 2.66. The zero-order chi connectivity index (χ0) is 34.4. The van der Waals surface area contributed by atoms with Gasteiger partial charge in [-0.15, -0.1) is 0 Å². The van der Waals surface area contributed by atoms with E-state index in [0.717, 1.165) is 12.2 Å². The molecule has 1 aliphatic carbocycles. The summed E-state index contributed by atoms with van der Waals surface area (Å²) in [6.45, 7) is -0.345. The molecule has 1 fully saturated rings. The smallest absolute Gasteiger partial charge is 0.336 e. The monoisotopic (exact) mass is 649 g/mol. The van der Waals surface area contributed by atoms with Gasteiger partial charge in [0.15, 0.2) is 40.3 Å². The molecule has 0 aromatic heterocycles. The number of phenolic OH excluding ortho intramolecular Hbond substituents is 4. The number of likely N-dealkylation sites (N-methyl/N-ethyl adjacent to an activating group) is 1. The van der Waals surface area contributed by atoms with E-state index in [1.807, 2.05) is 0 Å². The van der Waals surface area contributed by atoms with Gasteiger partial charge in [0.1, 0.15) is 6.10 Å². The van der Waals surface area contributed by atoms with Crippen LogP contribution in [0.15, 0.2) is 78.9 Å². The Morgan fingerprint density at radius 3 is 1.91 bits per heavy atom. The first-order chi connectivity index (χ1) is 22.3. The molecule has 47 heavy (non-hydrogen) atoms. The average Bonchev–Trinajstić information content (AvgIpc) is 3.03. The first kappa shape index (κ1) is 34.5. The van der Waals surface area contributed by atoms with Crippen LogP contribution in [0.2, 0.25) is 0 Å². The number of aliphatic hydroxyl groups excluding tert-OH is 1. The fourth-order valence-electron chi connectivity index (χ4n) is 5.63. The largest absolute Gasteiger partial charge is 0.504 e. The summed E-state index contributed by atoms with van der Waals surface area (Å²) in [5, 5.41) is 74.8. The molecule has 3 aromatic rings. The standard InChI is InChI=1S/C34H35NO12/c1-35-19-34(47-30(42)14-10-22-8-12-25(37)27(39)17-22)28(40)18-33(45,32(43)44)23(15-20-5-3-2-4-6-20)31(34)46-29(41)13-9-21-7-11-24(36)26(38)16-21/h2-14,16-17,23,28,31,35-40,45H,15,18-19H2,1H3,(H,43,44)/b13-9+,14-10+/t23-,28+,31+,33+,34-/m0/s1. The topological polar surface area (TPSA) is 223 Å². The van der Waals surface area contributed by atoms with Crippen LogP contribution in [0.25, 0.3) is 12.2 Å². The Morgan fingerprint density at radius 2 is 1.40 bits per heavy atom. The van der Waals surface area contributed by atoms with Gasteiger partial charge in [-0.1, -0.05) is 42.5 Å². The molecule has 1 aliphatic rings. The molecule has 0 spiro atoms. The summed E-state index contributed by atoms with van der Waals surface area (Å²) < 4.78 is 11.6. The molecule has 13 nitrogen and oxygen atoms in total. The molecule has 4 rings (SSSR count). The highest BCUT2D eigenvalue weighted by atomic mass is 16.6. The summed E-state index contributed by atoms with van der Waals surface area (Å²) in [7, 11) is 1.47. The van der Waals surface area contributed by atoms with Crippen molar-refractivity contribution in [3.05, 3.63) is 95.6 Å². The molecule has 0 heterocycles. The molecule has 0 radical (unpaired) electrons. The van der Waals surface area contributed by atoms with E-state index in [1.54, 1.807) is 30.3 Å². The van der Waals surface area contributed by atoms with E-state index < -0.39 is 65.2 Å². The number of aliphatic hydroxyl groups is 2. The molecule has 0 bridgehead atoms. The number of carbonyl (C=O) groups excluding carboxylic acids is 2. The van der Waals surface area contributed by atoms with E-state index in [1.165, 1.54) is 55.6 Å². The Bertz CT molecular complexity index is 1670. The van der Waals surface area contributed by atoms with Gasteiger partial charge in [0.25, 0.3) is 0 Å². The Morgan fingerprint density at radius 1 is 0.851 bits per heavy atom. The predicted molar refractivity (Wildman–Crippen MR) is 167 cm³/mol. The van der Waals surface area contributed by atoms with Gasteiger partial charge >= 0.3 is 17.9 Å². The SMILES string of the molecule is CNC[C@]1(OC(=O)/C=C/c2ccc(O)c(O)c2)[C@H](O)C[C@](O)(C(=O)O)[C@@H](Cc2ccccc2)[C@H]1OC(=O)/C=C/c1ccc(O)c(O)c1. The second kappa shape index (κ2) is 14.4. The summed E-state index contributed by atoms with van der Waals surface area (Å²) in [5.41, 5.74) is -3.62. The van der Waals surface area contributed by atoms with Gasteiger partial charge in [0, 0.05) is 31.0 Å². The molecule has 1 saturated carbocycles. The lowest BCUT2D eigenvalue weighted by Gasteiger charge is -2.53. The van der Waals surface area contributed by atoms with Gasteiger partial charge < -0.3 is 50.5 Å². The van der Waals surface area contributed by atoms with Gasteiger partial charge in [-0.25, -0.2) is 14.4 Å². The van der Waals surface area contributed by atoms with E-state index in [2.05, 4.69) is 5.32 Å². The van der Waals surface area contributed by atoms with Crippen molar-refractivity contribution in [3.63, 3.8) is 0 Å². The number of carboxylic acid groups (broad SMARTS) is 1. The highest BCUT2D eigenvalue weighted by Crippen LogP contribution is 2.45. The number of hydrogen-bond acceptors (Lipinski definition) is 12. The second-order valence-corrected chi connectivity index (χ2v) is 11.2. The lowest BCUT2D eigenvalue weighted by atomic mass is 9.63. The van der Waals surface area contributed by atoms with Crippen LogP contribution in [0.3, 0.4) is 0 Å². The molecule has 0 amide bonds. The third-order valence-electron chi connectivity index (χ3n) is 8.01. The number of ether oxygens (including phenoxy) is 2. The third-order valence-corrected chi connectivity index (χ3v) is 8.01. The van der Waals surface area contributed by atoms with Crippen molar-refractivity contribution in [2.75, 3.05) is 13.6 Å². The van der Waals surface area contributed by atoms with Crippen LogP contribution in [-0.2, 0) is 30.3 Å². The van der Waals surface area contributed by atoms with Gasteiger partial charge in [0.2, 0.25) is 0 Å². The number of hydrogen-bond donors (Lipinski definition) is 8. The highest BCUT2D eigenvalue weighted by molar-refractivity contribution is 5.89. The Balaban J connectivity index is 1.77. The minimum absolute atomic E-state index is 0.171. The van der Waals surface area contributed by atoms with Gasteiger partial charge in [0.05, 0.1) is 0 Å². The van der Waals surface area contributed by atoms with Crippen LogP contribution in [-0.4, -0.2) is 90.7 Å². The summed E-state index contributed by atoms with van der Waals surface area (Å²) in [6.07, 6.45) is -0.148. The molecule has 8 N–H and O–H groups in total. The summed E-state index contributed by atoms with van der Waals surface area (Å²) in [5.74, 6) is -6.89. The number of carboxylic acids is 1. The van der Waals surface area contributed by atoms with Crippen LogP contribution in [0.5, 0.6) is 23.0 Å². The van der Waals surface area contributed by atoms with E-state index in [-0.39, 0.29) is 24.5 Å². The van der Waals surface area contributed by atoms with Crippen molar-refractivity contribution >= 4 is 30.1 Å². The van der Waals surface area contributed by atoms with Crippen LogP contribution in [0, 0.1) is 5.92 Å². The molecule has 0 aliphatic heterocycles. The maximum absolute atomic E-state index is 13.3. The number of esters is 2. The number of phenols is 4. The first-order valence-electron chi connectivity index (χ1n) is 14.4. The predicted octanol–water partition coefficient (Wildman–Crippen LogP) is 2.09. The summed E-state index contributed by atoms with van der Waals surface area (Å²) in [4.78, 5) is 39.2. The summed E-state index contributed by atoms with van der Waals surface area (Å²) in [6, 6.07) is 16.0. The van der Waals surface area contributed by atoms with E-state index in [0.29, 0.717) is 16.7 Å². The molecule has 5 atom stereocenters. The van der Waals surface area contributed by atoms with E-state index >= 15 is 0 Å². The zero-order valence-electron chi connectivity index (χ0n) is 25.2. The number of rotatable bonds is 11. The molecule has 0 saturated heterocycles. The normalized spacial score (nSPS) is 24.3. The quantitative estimate of drug-likeness (QED) is 0.0848. The number of benzene rings is 3. The fourth-order valence-corrected chi connectivity index (χ4v) is 5.63. The van der Waals surface area contributed by atoms with Gasteiger partial charge in [-0.3, -0.25) is 0 Å². The van der Waals surface area contributed by atoms with Crippen molar-refractivity contribution in [1.29, 1.82) is 0 Å². The maximum atomic E-state index is 13.3. The van der Waals surface area contributed by atoms with Crippen LogP contribution >= 0.6 is 0 Å². The number of aliphatic carboxylic acids is 1.